The summed E-state index contributed by atoms with van der Waals surface area (Å²) in [6.07, 6.45) is 0. The van der Waals surface area contributed by atoms with Crippen molar-refractivity contribution in [3.8, 4) is 5.75 Å². The minimum Gasteiger partial charge on any atom is -0.376 e. The molecule has 0 aromatic heterocycles. The van der Waals surface area contributed by atoms with Gasteiger partial charge in [-0.15, -0.1) is 0 Å². The van der Waals surface area contributed by atoms with E-state index in [2.05, 4.69) is 4.18 Å². The Morgan fingerprint density at radius 1 is 0.786 bits per heavy atom. The van der Waals surface area contributed by atoms with Crippen molar-refractivity contribution in [2.75, 3.05) is 0 Å². The second kappa shape index (κ2) is 7.06. The van der Waals surface area contributed by atoms with Gasteiger partial charge in [-0.05, 0) is 48.5 Å². The summed E-state index contributed by atoms with van der Waals surface area (Å²) in [5.74, 6) is -0.377. The monoisotopic (exact) mass is 441 g/mol. The lowest BCUT2D eigenvalue weighted by molar-refractivity contribution is -0.0500. The average Bonchev–Trinajstić information content (AvgIpc) is 2.66. The lowest BCUT2D eigenvalue weighted by Gasteiger charge is -2.18. The molecule has 1 aliphatic rings. The third kappa shape index (κ3) is 3.49. The van der Waals surface area contributed by atoms with Gasteiger partial charge in [0.15, 0.2) is 14.7 Å². The van der Waals surface area contributed by atoms with Crippen molar-refractivity contribution in [1.29, 1.82) is 0 Å². The van der Waals surface area contributed by atoms with Crippen LogP contribution >= 0.6 is 11.8 Å². The van der Waals surface area contributed by atoms with Gasteiger partial charge in [0.25, 0.3) is 0 Å². The minimum atomic E-state index is -5.69. The second-order valence-corrected chi connectivity index (χ2v) is 10.3. The van der Waals surface area contributed by atoms with Crippen LogP contribution in [0.25, 0.3) is 0 Å². The Balaban J connectivity index is 1.73. The van der Waals surface area contributed by atoms with Crippen LogP contribution in [0.3, 0.4) is 0 Å². The standard InChI is InChI=1S/C19H12F3O3S3/c20-19(21,22)28(23,24)25-13-9-11-14(12-10-13)27-17-7-3-1-5-15(17)26-16-6-2-4-8-18(16)27/h1-12H/q+1. The molecule has 0 fully saturated rings. The van der Waals surface area contributed by atoms with Crippen molar-refractivity contribution >= 4 is 32.8 Å². The Hall–Kier alpha value is -2.10. The molecule has 0 bridgehead atoms. The quantitative estimate of drug-likeness (QED) is 0.240. The molecule has 4 rings (SSSR count). The molecule has 0 N–H and O–H groups in total. The average molecular weight is 441 g/mol. The minimum absolute atomic E-state index is 0.377. The normalized spacial score (nSPS) is 14.2. The van der Waals surface area contributed by atoms with Gasteiger partial charge in [-0.3, -0.25) is 0 Å². The Kier molecular flexibility index (Phi) is 4.84. The van der Waals surface area contributed by atoms with Gasteiger partial charge < -0.3 is 4.18 Å². The SMILES string of the molecule is O=S(=O)(Oc1ccc([S+]2c3ccccc3Sc3ccccc32)cc1)C(F)(F)F. The Morgan fingerprint density at radius 3 is 1.79 bits per heavy atom. The molecule has 9 heteroatoms. The first-order valence-electron chi connectivity index (χ1n) is 7.97. The molecule has 0 atom stereocenters. The van der Waals surface area contributed by atoms with Crippen LogP contribution in [0.5, 0.6) is 5.75 Å². The van der Waals surface area contributed by atoms with E-state index in [1.807, 2.05) is 48.5 Å². The molecule has 1 heterocycles. The maximum atomic E-state index is 12.5. The number of benzene rings is 3. The Morgan fingerprint density at radius 2 is 1.29 bits per heavy atom. The molecular formula is C19H12F3O3S3+. The van der Waals surface area contributed by atoms with Gasteiger partial charge in [-0.1, -0.05) is 36.0 Å². The molecule has 0 spiro atoms. The smallest absolute Gasteiger partial charge is 0.376 e. The molecule has 3 aromatic rings. The number of alkyl halides is 3. The highest BCUT2D eigenvalue weighted by atomic mass is 32.2. The highest BCUT2D eigenvalue weighted by Crippen LogP contribution is 2.48. The molecule has 0 aliphatic carbocycles. The molecule has 0 saturated carbocycles. The first kappa shape index (κ1) is 19.2. The van der Waals surface area contributed by atoms with E-state index in [9.17, 15) is 21.6 Å². The molecular weight excluding hydrogens is 429 g/mol. The van der Waals surface area contributed by atoms with E-state index in [1.54, 1.807) is 23.9 Å². The molecule has 0 saturated heterocycles. The number of rotatable bonds is 3. The highest BCUT2D eigenvalue weighted by molar-refractivity contribution is 8.04. The van der Waals surface area contributed by atoms with Crippen molar-refractivity contribution in [2.45, 2.75) is 30.0 Å². The van der Waals surface area contributed by atoms with Gasteiger partial charge in [0.1, 0.15) is 16.6 Å². The number of hydrogen-bond acceptors (Lipinski definition) is 4. The van der Waals surface area contributed by atoms with Gasteiger partial charge in [-0.25, -0.2) is 0 Å². The third-order valence-electron chi connectivity index (χ3n) is 3.91. The molecule has 3 aromatic carbocycles. The largest absolute Gasteiger partial charge is 0.534 e. The van der Waals surface area contributed by atoms with Crippen LogP contribution in [0.2, 0.25) is 0 Å². The van der Waals surface area contributed by atoms with E-state index in [0.29, 0.717) is 0 Å². The first-order chi connectivity index (χ1) is 13.3. The Bertz CT molecular complexity index is 1080. The lowest BCUT2D eigenvalue weighted by Crippen LogP contribution is -2.28. The van der Waals surface area contributed by atoms with Crippen LogP contribution in [0.1, 0.15) is 0 Å². The fourth-order valence-electron chi connectivity index (χ4n) is 2.70. The van der Waals surface area contributed by atoms with Crippen LogP contribution in [0.4, 0.5) is 13.2 Å². The van der Waals surface area contributed by atoms with Crippen molar-refractivity contribution in [3.63, 3.8) is 0 Å². The summed E-state index contributed by atoms with van der Waals surface area (Å²) in [5.41, 5.74) is -5.47. The summed E-state index contributed by atoms with van der Waals surface area (Å²) < 4.78 is 64.1. The summed E-state index contributed by atoms with van der Waals surface area (Å²) in [7, 11) is -6.14. The fraction of sp³-hybridized carbons (Fsp3) is 0.0526. The van der Waals surface area contributed by atoms with Crippen LogP contribution in [0, 0.1) is 0 Å². The van der Waals surface area contributed by atoms with Gasteiger partial charge in [0.05, 0.1) is 9.79 Å². The molecule has 28 heavy (non-hydrogen) atoms. The molecule has 144 valence electrons. The van der Waals surface area contributed by atoms with E-state index in [0.717, 1.165) is 24.5 Å². The van der Waals surface area contributed by atoms with Crippen molar-refractivity contribution in [1.82, 2.24) is 0 Å². The van der Waals surface area contributed by atoms with E-state index >= 15 is 0 Å². The number of halogens is 3. The summed E-state index contributed by atoms with van der Waals surface area (Å²) in [5, 5.41) is 0. The molecule has 0 amide bonds. The highest BCUT2D eigenvalue weighted by Gasteiger charge is 2.48. The van der Waals surface area contributed by atoms with Crippen molar-refractivity contribution < 1.29 is 25.8 Å². The van der Waals surface area contributed by atoms with Gasteiger partial charge in [0.2, 0.25) is 0 Å². The van der Waals surface area contributed by atoms with Crippen LogP contribution < -0.4 is 4.18 Å². The third-order valence-corrected chi connectivity index (χ3v) is 8.63. The summed E-state index contributed by atoms with van der Waals surface area (Å²) in [6, 6.07) is 21.6. The van der Waals surface area contributed by atoms with E-state index in [4.69, 9.17) is 0 Å². The number of fused-ring (bicyclic) bond motifs is 2. The summed E-state index contributed by atoms with van der Waals surface area (Å²) in [4.78, 5) is 5.32. The van der Waals surface area contributed by atoms with Crippen molar-refractivity contribution in [3.05, 3.63) is 72.8 Å². The predicted molar refractivity (Wildman–Crippen MR) is 101 cm³/mol. The molecule has 1 aliphatic heterocycles. The van der Waals surface area contributed by atoms with Gasteiger partial charge in [-0.2, -0.15) is 21.6 Å². The van der Waals surface area contributed by atoms with E-state index < -0.39 is 26.5 Å². The summed E-state index contributed by atoms with van der Waals surface area (Å²) >= 11 is 1.67. The fourth-order valence-corrected chi connectivity index (χ4v) is 6.90. The zero-order chi connectivity index (χ0) is 19.9. The van der Waals surface area contributed by atoms with Crippen molar-refractivity contribution in [2.24, 2.45) is 0 Å². The maximum Gasteiger partial charge on any atom is 0.534 e. The maximum absolute atomic E-state index is 12.5. The zero-order valence-electron chi connectivity index (χ0n) is 14.0. The summed E-state index contributed by atoms with van der Waals surface area (Å²) in [6.45, 7) is 0. The van der Waals surface area contributed by atoms with Gasteiger partial charge >= 0.3 is 15.6 Å². The first-order valence-corrected chi connectivity index (χ1v) is 11.4. The zero-order valence-corrected chi connectivity index (χ0v) is 16.5. The Labute approximate surface area is 167 Å². The molecule has 0 radical (unpaired) electrons. The van der Waals surface area contributed by atoms with Crippen LogP contribution in [-0.4, -0.2) is 13.9 Å². The van der Waals surface area contributed by atoms with E-state index in [-0.39, 0.29) is 5.75 Å². The topological polar surface area (TPSA) is 43.4 Å². The van der Waals surface area contributed by atoms with Crippen LogP contribution in [0.15, 0.2) is 97.3 Å². The number of hydrogen-bond donors (Lipinski definition) is 0. The van der Waals surface area contributed by atoms with E-state index in [1.165, 1.54) is 12.1 Å². The molecule has 0 unspecified atom stereocenters. The second-order valence-electron chi connectivity index (χ2n) is 5.76. The van der Waals surface area contributed by atoms with Crippen LogP contribution in [-0.2, 0) is 21.0 Å². The van der Waals surface area contributed by atoms with Gasteiger partial charge in [0, 0.05) is 0 Å². The predicted octanol–water partition coefficient (Wildman–Crippen LogP) is 5.48. The lowest BCUT2D eigenvalue weighted by atomic mass is 10.3. The molecule has 3 nitrogen and oxygen atoms in total.